The molecule has 2 rings (SSSR count). The lowest BCUT2D eigenvalue weighted by Crippen LogP contribution is -1.99. The van der Waals surface area contributed by atoms with E-state index >= 15 is 0 Å². The molecular formula is C18H20N4. The highest BCUT2D eigenvalue weighted by atomic mass is 15.3. The first kappa shape index (κ1) is 15.5. The maximum atomic E-state index is 5.89. The molecule has 0 spiro atoms. The van der Waals surface area contributed by atoms with E-state index in [1.807, 2.05) is 41.4 Å². The number of nitrogens with zero attached hydrogens (tertiary/aromatic N) is 3. The summed E-state index contributed by atoms with van der Waals surface area (Å²) in [4.78, 5) is 4.09. The van der Waals surface area contributed by atoms with Crippen molar-refractivity contribution in [3.05, 3.63) is 73.3 Å². The molecule has 2 N–H and O–H groups in total. The molecule has 0 fully saturated rings. The number of aromatic nitrogens is 3. The Hall–Kier alpha value is -2.88. The monoisotopic (exact) mass is 292 g/mol. The predicted octanol–water partition coefficient (Wildman–Crippen LogP) is 3.86. The van der Waals surface area contributed by atoms with Crippen LogP contribution < -0.4 is 5.73 Å². The summed E-state index contributed by atoms with van der Waals surface area (Å²) in [5.74, 6) is 0.478. The van der Waals surface area contributed by atoms with E-state index in [-0.39, 0.29) is 0 Å². The minimum atomic E-state index is 0.478. The van der Waals surface area contributed by atoms with Crippen molar-refractivity contribution in [1.29, 1.82) is 0 Å². The van der Waals surface area contributed by atoms with Gasteiger partial charge < -0.3 is 5.73 Å². The summed E-state index contributed by atoms with van der Waals surface area (Å²) < 4.78 is 1.90. The minimum Gasteiger partial charge on any atom is -0.383 e. The van der Waals surface area contributed by atoms with E-state index in [1.54, 1.807) is 18.3 Å². The number of allylic oxidation sites excluding steroid dienone is 5. The van der Waals surface area contributed by atoms with Gasteiger partial charge >= 0.3 is 0 Å². The first-order valence-corrected chi connectivity index (χ1v) is 7.00. The summed E-state index contributed by atoms with van der Waals surface area (Å²) in [6.07, 6.45) is 14.9. The number of anilines is 1. The third-order valence-electron chi connectivity index (χ3n) is 3.21. The van der Waals surface area contributed by atoms with Gasteiger partial charge in [-0.2, -0.15) is 5.10 Å². The van der Waals surface area contributed by atoms with Crippen LogP contribution in [0.4, 0.5) is 5.82 Å². The van der Waals surface area contributed by atoms with Gasteiger partial charge in [-0.25, -0.2) is 4.98 Å². The molecule has 0 radical (unpaired) electrons. The third kappa shape index (κ3) is 3.61. The molecule has 2 aromatic rings. The predicted molar refractivity (Wildman–Crippen MR) is 93.1 cm³/mol. The van der Waals surface area contributed by atoms with Gasteiger partial charge in [0.2, 0.25) is 0 Å². The standard InChI is InChI=1S/C18H20N4/c1-4-6-7-8-14(3)12-22-13-15(11-21-22)17-9-10-20-18(19)16(17)5-2/h4-11,13H,1-2,12H2,3H3,(H2,19,20)/b7-6-,14-8+. The molecule has 0 amide bonds. The van der Waals surface area contributed by atoms with E-state index < -0.39 is 0 Å². The zero-order valence-electron chi connectivity index (χ0n) is 12.7. The molecule has 22 heavy (non-hydrogen) atoms. The van der Waals surface area contributed by atoms with Crippen LogP contribution in [-0.2, 0) is 6.54 Å². The molecule has 4 nitrogen and oxygen atoms in total. The van der Waals surface area contributed by atoms with Crippen molar-refractivity contribution in [3.63, 3.8) is 0 Å². The van der Waals surface area contributed by atoms with E-state index in [4.69, 9.17) is 5.73 Å². The molecule has 0 saturated carbocycles. The van der Waals surface area contributed by atoms with E-state index in [0.29, 0.717) is 5.82 Å². The van der Waals surface area contributed by atoms with Crippen LogP contribution in [0.25, 0.3) is 17.2 Å². The number of hydrogen-bond donors (Lipinski definition) is 1. The fourth-order valence-electron chi connectivity index (χ4n) is 2.15. The Morgan fingerprint density at radius 2 is 2.18 bits per heavy atom. The SMILES string of the molecule is C=C/C=C\C=C(/C)Cn1cc(-c2ccnc(N)c2C=C)cn1. The number of pyridine rings is 1. The molecule has 0 atom stereocenters. The fourth-order valence-corrected chi connectivity index (χ4v) is 2.15. The smallest absolute Gasteiger partial charge is 0.131 e. The first-order valence-electron chi connectivity index (χ1n) is 7.00. The maximum Gasteiger partial charge on any atom is 0.131 e. The minimum absolute atomic E-state index is 0.478. The number of nitrogen functional groups attached to an aromatic ring is 1. The number of rotatable bonds is 6. The first-order chi connectivity index (χ1) is 10.7. The molecule has 112 valence electrons. The van der Waals surface area contributed by atoms with Crippen LogP contribution in [0.2, 0.25) is 0 Å². The largest absolute Gasteiger partial charge is 0.383 e. The van der Waals surface area contributed by atoms with Crippen molar-refractivity contribution < 1.29 is 0 Å². The Labute approximate surface area is 131 Å². The molecule has 0 bridgehead atoms. The summed E-state index contributed by atoms with van der Waals surface area (Å²) in [6, 6.07) is 1.92. The lowest BCUT2D eigenvalue weighted by Gasteiger charge is -2.05. The van der Waals surface area contributed by atoms with Crippen molar-refractivity contribution in [3.8, 4) is 11.1 Å². The van der Waals surface area contributed by atoms with Gasteiger partial charge in [0.15, 0.2) is 0 Å². The zero-order valence-corrected chi connectivity index (χ0v) is 12.7. The molecule has 0 aromatic carbocycles. The lowest BCUT2D eigenvalue weighted by molar-refractivity contribution is 0.677. The molecule has 0 unspecified atom stereocenters. The van der Waals surface area contributed by atoms with Gasteiger partial charge in [-0.15, -0.1) is 0 Å². The quantitative estimate of drug-likeness (QED) is 0.822. The van der Waals surface area contributed by atoms with Crippen molar-refractivity contribution in [1.82, 2.24) is 14.8 Å². The van der Waals surface area contributed by atoms with E-state index in [9.17, 15) is 0 Å². The summed E-state index contributed by atoms with van der Waals surface area (Å²) in [5.41, 5.74) is 9.91. The zero-order chi connectivity index (χ0) is 15.9. The Kier molecular flexibility index (Phi) is 5.09. The average molecular weight is 292 g/mol. The van der Waals surface area contributed by atoms with Crippen molar-refractivity contribution in [2.45, 2.75) is 13.5 Å². The molecule has 2 aromatic heterocycles. The second-order valence-corrected chi connectivity index (χ2v) is 4.92. The summed E-state index contributed by atoms with van der Waals surface area (Å²) in [6.45, 7) is 10.2. The Morgan fingerprint density at radius 1 is 1.36 bits per heavy atom. The lowest BCUT2D eigenvalue weighted by atomic mass is 10.0. The molecular weight excluding hydrogens is 272 g/mol. The van der Waals surface area contributed by atoms with Gasteiger partial charge in [0.1, 0.15) is 5.82 Å². The normalized spacial score (nSPS) is 11.8. The van der Waals surface area contributed by atoms with Crippen molar-refractivity contribution >= 4 is 11.9 Å². The van der Waals surface area contributed by atoms with Crippen LogP contribution in [0.15, 0.2) is 67.7 Å². The summed E-state index contributed by atoms with van der Waals surface area (Å²) >= 11 is 0. The van der Waals surface area contributed by atoms with Crippen LogP contribution in [0, 0.1) is 0 Å². The Morgan fingerprint density at radius 3 is 2.91 bits per heavy atom. The van der Waals surface area contributed by atoms with Crippen LogP contribution in [0.5, 0.6) is 0 Å². The number of nitrogens with two attached hydrogens (primary N) is 1. The molecule has 0 aliphatic rings. The highest BCUT2D eigenvalue weighted by Gasteiger charge is 2.08. The van der Waals surface area contributed by atoms with Gasteiger partial charge in [0.05, 0.1) is 12.7 Å². The van der Waals surface area contributed by atoms with E-state index in [1.165, 1.54) is 5.57 Å². The molecule has 4 heteroatoms. The molecule has 2 heterocycles. The topological polar surface area (TPSA) is 56.7 Å². The van der Waals surface area contributed by atoms with Gasteiger partial charge in [-0.3, -0.25) is 4.68 Å². The van der Waals surface area contributed by atoms with E-state index in [2.05, 4.69) is 30.2 Å². The van der Waals surface area contributed by atoms with Crippen LogP contribution in [0.3, 0.4) is 0 Å². The van der Waals surface area contributed by atoms with E-state index in [0.717, 1.165) is 23.2 Å². The van der Waals surface area contributed by atoms with Crippen molar-refractivity contribution in [2.24, 2.45) is 0 Å². The number of hydrogen-bond acceptors (Lipinski definition) is 3. The van der Waals surface area contributed by atoms with Gasteiger partial charge in [-0.05, 0) is 18.6 Å². The second kappa shape index (κ2) is 7.22. The van der Waals surface area contributed by atoms with Crippen molar-refractivity contribution in [2.75, 3.05) is 5.73 Å². The molecule has 0 saturated heterocycles. The van der Waals surface area contributed by atoms with Gasteiger partial charge in [0, 0.05) is 23.5 Å². The Balaban J connectivity index is 2.24. The van der Waals surface area contributed by atoms with Gasteiger partial charge in [-0.1, -0.05) is 49.1 Å². The maximum absolute atomic E-state index is 5.89. The fraction of sp³-hybridized carbons (Fsp3) is 0.111. The summed E-state index contributed by atoms with van der Waals surface area (Å²) in [7, 11) is 0. The van der Waals surface area contributed by atoms with Crippen LogP contribution in [-0.4, -0.2) is 14.8 Å². The van der Waals surface area contributed by atoms with Crippen LogP contribution in [0.1, 0.15) is 12.5 Å². The molecule has 0 aliphatic heterocycles. The average Bonchev–Trinajstić information content (AvgIpc) is 2.95. The van der Waals surface area contributed by atoms with Gasteiger partial charge in [0.25, 0.3) is 0 Å². The Bertz CT molecular complexity index is 735. The highest BCUT2D eigenvalue weighted by Crippen LogP contribution is 2.27. The van der Waals surface area contributed by atoms with Crippen LogP contribution >= 0.6 is 0 Å². The highest BCUT2D eigenvalue weighted by molar-refractivity contribution is 5.79. The summed E-state index contributed by atoms with van der Waals surface area (Å²) in [5, 5.41) is 4.40. The molecule has 0 aliphatic carbocycles. The second-order valence-electron chi connectivity index (χ2n) is 4.92. The third-order valence-corrected chi connectivity index (χ3v) is 3.21.